The van der Waals surface area contributed by atoms with E-state index in [0.29, 0.717) is 5.95 Å². The summed E-state index contributed by atoms with van der Waals surface area (Å²) in [6, 6.07) is 11.8. The number of rotatable bonds is 6. The molecule has 0 atom stereocenters. The van der Waals surface area contributed by atoms with E-state index < -0.39 is 0 Å². The number of hydrogen-bond acceptors (Lipinski definition) is 6. The van der Waals surface area contributed by atoms with Gasteiger partial charge in [-0.2, -0.15) is 4.98 Å². The third-order valence-electron chi connectivity index (χ3n) is 3.61. The van der Waals surface area contributed by atoms with E-state index in [0.717, 1.165) is 30.2 Å². The molecule has 0 spiro atoms. The lowest BCUT2D eigenvalue weighted by Gasteiger charge is -2.21. The Kier molecular flexibility index (Phi) is 5.41. The highest BCUT2D eigenvalue weighted by Gasteiger charge is 2.14. The minimum absolute atomic E-state index is 0.128. The van der Waals surface area contributed by atoms with Crippen molar-refractivity contribution in [2.45, 2.75) is 32.7 Å². The largest absolute Gasteiger partial charge is 0.370 e. The van der Waals surface area contributed by atoms with Crippen molar-refractivity contribution in [2.24, 2.45) is 0 Å². The molecule has 26 heavy (non-hydrogen) atoms. The molecule has 0 fully saturated rings. The molecule has 3 aromatic rings. The molecule has 3 aromatic heterocycles. The van der Waals surface area contributed by atoms with Crippen LogP contribution in [0.2, 0.25) is 0 Å². The van der Waals surface area contributed by atoms with Crippen molar-refractivity contribution < 1.29 is 0 Å². The summed E-state index contributed by atoms with van der Waals surface area (Å²) in [6.07, 6.45) is 6.29. The molecule has 0 aromatic carbocycles. The van der Waals surface area contributed by atoms with Crippen LogP contribution in [0.5, 0.6) is 0 Å². The van der Waals surface area contributed by atoms with Gasteiger partial charge in [0.05, 0.1) is 11.4 Å². The molecular weight excluding hydrogens is 324 g/mol. The van der Waals surface area contributed by atoms with E-state index in [1.807, 2.05) is 48.8 Å². The molecule has 3 heterocycles. The monoisotopic (exact) mass is 348 g/mol. The molecule has 0 saturated carbocycles. The van der Waals surface area contributed by atoms with E-state index in [-0.39, 0.29) is 5.54 Å². The smallest absolute Gasteiger partial charge is 0.225 e. The standard InChI is InChI=1S/C20H24N6/c1-20(2,3)26-19-24-17(16-6-4-5-10-22-16)14-18(25-19)23-13-9-15-7-11-21-12-8-15/h4-8,10-12,14H,9,13H2,1-3H3,(H2,23,24,25,26). The van der Waals surface area contributed by atoms with Crippen LogP contribution < -0.4 is 10.6 Å². The first-order valence-electron chi connectivity index (χ1n) is 8.71. The lowest BCUT2D eigenvalue weighted by Crippen LogP contribution is -2.27. The molecule has 0 amide bonds. The minimum atomic E-state index is -0.128. The van der Waals surface area contributed by atoms with Gasteiger partial charge < -0.3 is 10.6 Å². The van der Waals surface area contributed by atoms with Crippen LogP contribution in [0.3, 0.4) is 0 Å². The maximum atomic E-state index is 4.62. The van der Waals surface area contributed by atoms with Crippen LogP contribution in [-0.4, -0.2) is 32.0 Å². The lowest BCUT2D eigenvalue weighted by molar-refractivity contribution is 0.626. The molecule has 0 aliphatic rings. The van der Waals surface area contributed by atoms with E-state index >= 15 is 0 Å². The van der Waals surface area contributed by atoms with Crippen molar-refractivity contribution >= 4 is 11.8 Å². The van der Waals surface area contributed by atoms with Crippen LogP contribution in [0, 0.1) is 0 Å². The molecule has 0 aliphatic heterocycles. The Morgan fingerprint density at radius 2 is 1.73 bits per heavy atom. The summed E-state index contributed by atoms with van der Waals surface area (Å²) in [5, 5.41) is 6.73. The average Bonchev–Trinajstić information content (AvgIpc) is 2.62. The Morgan fingerprint density at radius 1 is 0.923 bits per heavy atom. The predicted octanol–water partition coefficient (Wildman–Crippen LogP) is 3.80. The van der Waals surface area contributed by atoms with Crippen molar-refractivity contribution in [1.82, 2.24) is 19.9 Å². The van der Waals surface area contributed by atoms with Crippen LogP contribution in [0.25, 0.3) is 11.4 Å². The third kappa shape index (κ3) is 5.24. The van der Waals surface area contributed by atoms with Gasteiger partial charge in [0.15, 0.2) is 0 Å². The SMILES string of the molecule is CC(C)(C)Nc1nc(NCCc2ccncc2)cc(-c2ccccn2)n1. The van der Waals surface area contributed by atoms with Gasteiger partial charge in [0.1, 0.15) is 5.82 Å². The fraction of sp³-hybridized carbons (Fsp3) is 0.300. The molecule has 3 rings (SSSR count). The van der Waals surface area contributed by atoms with Crippen molar-refractivity contribution in [3.63, 3.8) is 0 Å². The van der Waals surface area contributed by atoms with Gasteiger partial charge in [0.25, 0.3) is 0 Å². The number of nitrogens with one attached hydrogen (secondary N) is 2. The summed E-state index contributed by atoms with van der Waals surface area (Å²) in [5.74, 6) is 1.37. The Labute approximate surface area is 154 Å². The minimum Gasteiger partial charge on any atom is -0.370 e. The van der Waals surface area contributed by atoms with Gasteiger partial charge in [-0.25, -0.2) is 4.98 Å². The summed E-state index contributed by atoms with van der Waals surface area (Å²) in [6.45, 7) is 7.03. The van der Waals surface area contributed by atoms with Crippen molar-refractivity contribution in [3.8, 4) is 11.4 Å². The van der Waals surface area contributed by atoms with Crippen LogP contribution in [-0.2, 0) is 6.42 Å². The average molecular weight is 348 g/mol. The molecule has 2 N–H and O–H groups in total. The van der Waals surface area contributed by atoms with Crippen LogP contribution >= 0.6 is 0 Å². The molecule has 0 unspecified atom stereocenters. The highest BCUT2D eigenvalue weighted by atomic mass is 15.2. The maximum absolute atomic E-state index is 4.62. The number of anilines is 2. The second-order valence-corrected chi connectivity index (χ2v) is 7.08. The number of nitrogens with zero attached hydrogens (tertiary/aromatic N) is 4. The summed E-state index contributed by atoms with van der Waals surface area (Å²) in [4.78, 5) is 17.7. The van der Waals surface area contributed by atoms with E-state index in [9.17, 15) is 0 Å². The number of hydrogen-bond donors (Lipinski definition) is 2. The number of aromatic nitrogens is 4. The first kappa shape index (κ1) is 17.8. The summed E-state index contributed by atoms with van der Waals surface area (Å²) >= 11 is 0. The zero-order chi connectivity index (χ0) is 18.4. The van der Waals surface area contributed by atoms with Gasteiger partial charge in [0.2, 0.25) is 5.95 Å². The van der Waals surface area contributed by atoms with Gasteiger partial charge in [-0.05, 0) is 57.0 Å². The lowest BCUT2D eigenvalue weighted by atomic mass is 10.1. The quantitative estimate of drug-likeness (QED) is 0.706. The van der Waals surface area contributed by atoms with Crippen molar-refractivity contribution in [3.05, 3.63) is 60.6 Å². The Balaban J connectivity index is 1.80. The highest BCUT2D eigenvalue weighted by Crippen LogP contribution is 2.21. The molecular formula is C20H24N6. The first-order chi connectivity index (χ1) is 12.5. The zero-order valence-corrected chi connectivity index (χ0v) is 15.4. The van der Waals surface area contributed by atoms with E-state index in [2.05, 4.69) is 51.3 Å². The fourth-order valence-corrected chi connectivity index (χ4v) is 2.46. The fourth-order valence-electron chi connectivity index (χ4n) is 2.46. The summed E-state index contributed by atoms with van der Waals surface area (Å²) in [5.41, 5.74) is 2.72. The molecule has 6 nitrogen and oxygen atoms in total. The predicted molar refractivity (Wildman–Crippen MR) is 105 cm³/mol. The number of pyridine rings is 2. The molecule has 0 radical (unpaired) electrons. The normalized spacial score (nSPS) is 11.2. The van der Waals surface area contributed by atoms with Crippen molar-refractivity contribution in [1.29, 1.82) is 0 Å². The van der Waals surface area contributed by atoms with Gasteiger partial charge in [-0.1, -0.05) is 6.07 Å². The van der Waals surface area contributed by atoms with Gasteiger partial charge in [0, 0.05) is 36.7 Å². The van der Waals surface area contributed by atoms with Gasteiger partial charge in [-0.15, -0.1) is 0 Å². The second kappa shape index (κ2) is 7.91. The van der Waals surface area contributed by atoms with E-state index in [4.69, 9.17) is 0 Å². The van der Waals surface area contributed by atoms with Gasteiger partial charge in [-0.3, -0.25) is 9.97 Å². The van der Waals surface area contributed by atoms with E-state index in [1.54, 1.807) is 6.20 Å². The van der Waals surface area contributed by atoms with Gasteiger partial charge >= 0.3 is 0 Å². The molecule has 134 valence electrons. The first-order valence-corrected chi connectivity index (χ1v) is 8.71. The Morgan fingerprint density at radius 3 is 2.42 bits per heavy atom. The summed E-state index contributed by atoms with van der Waals surface area (Å²) in [7, 11) is 0. The van der Waals surface area contributed by atoms with Crippen LogP contribution in [0.15, 0.2) is 55.0 Å². The van der Waals surface area contributed by atoms with Crippen molar-refractivity contribution in [2.75, 3.05) is 17.2 Å². The Bertz CT molecular complexity index is 828. The summed E-state index contributed by atoms with van der Waals surface area (Å²) < 4.78 is 0. The Hall–Kier alpha value is -3.02. The third-order valence-corrected chi connectivity index (χ3v) is 3.61. The maximum Gasteiger partial charge on any atom is 0.225 e. The van der Waals surface area contributed by atoms with Crippen LogP contribution in [0.1, 0.15) is 26.3 Å². The topological polar surface area (TPSA) is 75.6 Å². The van der Waals surface area contributed by atoms with Crippen LogP contribution in [0.4, 0.5) is 11.8 Å². The molecule has 0 saturated heterocycles. The van der Waals surface area contributed by atoms with E-state index in [1.165, 1.54) is 5.56 Å². The molecule has 6 heteroatoms. The second-order valence-electron chi connectivity index (χ2n) is 7.08. The molecule has 0 bridgehead atoms. The highest BCUT2D eigenvalue weighted by molar-refractivity contribution is 5.61. The molecule has 0 aliphatic carbocycles. The zero-order valence-electron chi connectivity index (χ0n) is 15.4.